The Hall–Kier alpha value is -3.92. The quantitative estimate of drug-likeness (QED) is 0.267. The molecule has 32 heavy (non-hydrogen) atoms. The predicted molar refractivity (Wildman–Crippen MR) is 116 cm³/mol. The van der Waals surface area contributed by atoms with Gasteiger partial charge in [0.25, 0.3) is 0 Å². The first-order chi connectivity index (χ1) is 15.2. The first kappa shape index (κ1) is 24.4. The molecule has 2 rings (SSSR count). The number of nitrogens with one attached hydrogen (secondary N) is 3. The average molecular weight is 442 g/mol. The molecule has 2 aromatic rings. The van der Waals surface area contributed by atoms with Crippen molar-refractivity contribution in [2.24, 2.45) is 5.73 Å². The van der Waals surface area contributed by atoms with Crippen molar-refractivity contribution in [2.75, 3.05) is 13.1 Å². The molecule has 10 heteroatoms. The van der Waals surface area contributed by atoms with E-state index in [9.17, 15) is 29.4 Å². The summed E-state index contributed by atoms with van der Waals surface area (Å²) < 4.78 is 0. The van der Waals surface area contributed by atoms with Gasteiger partial charge in [0.1, 0.15) is 11.8 Å². The van der Waals surface area contributed by atoms with E-state index in [1.54, 1.807) is 12.1 Å². The van der Waals surface area contributed by atoms with Gasteiger partial charge in [-0.2, -0.15) is 0 Å². The lowest BCUT2D eigenvalue weighted by Crippen LogP contribution is -2.49. The Morgan fingerprint density at radius 3 is 2.03 bits per heavy atom. The van der Waals surface area contributed by atoms with Gasteiger partial charge in [0.15, 0.2) is 0 Å². The maximum atomic E-state index is 12.0. The van der Waals surface area contributed by atoms with Crippen molar-refractivity contribution < 1.29 is 29.4 Å². The van der Waals surface area contributed by atoms with E-state index in [0.29, 0.717) is 12.0 Å². The molecule has 0 aliphatic heterocycles. The Labute approximate surface area is 184 Å². The third-order valence-corrected chi connectivity index (χ3v) is 4.51. The van der Waals surface area contributed by atoms with Crippen molar-refractivity contribution in [3.63, 3.8) is 0 Å². The van der Waals surface area contributed by atoms with Gasteiger partial charge in [-0.15, -0.1) is 0 Å². The maximum Gasteiger partial charge on any atom is 0.326 e. The predicted octanol–water partition coefficient (Wildman–Crippen LogP) is -0.693. The second-order valence-electron chi connectivity index (χ2n) is 7.12. The van der Waals surface area contributed by atoms with Crippen molar-refractivity contribution in [3.05, 3.63) is 65.7 Å². The minimum absolute atomic E-state index is 0.00462. The number of hydrogen-bond donors (Lipinski definition) is 6. The van der Waals surface area contributed by atoms with Crippen LogP contribution in [0, 0.1) is 0 Å². The molecule has 0 bridgehead atoms. The summed E-state index contributed by atoms with van der Waals surface area (Å²) >= 11 is 0. The van der Waals surface area contributed by atoms with Gasteiger partial charge in [-0.3, -0.25) is 14.4 Å². The van der Waals surface area contributed by atoms with Gasteiger partial charge < -0.3 is 31.9 Å². The van der Waals surface area contributed by atoms with Crippen LogP contribution in [0.15, 0.2) is 54.6 Å². The zero-order chi connectivity index (χ0) is 23.5. The van der Waals surface area contributed by atoms with Crippen LogP contribution < -0.4 is 21.7 Å². The second-order valence-corrected chi connectivity index (χ2v) is 7.12. The van der Waals surface area contributed by atoms with Crippen LogP contribution in [-0.4, -0.2) is 59.1 Å². The zero-order valence-electron chi connectivity index (χ0n) is 17.3. The van der Waals surface area contributed by atoms with Gasteiger partial charge in [0.05, 0.1) is 19.1 Å². The van der Waals surface area contributed by atoms with Crippen LogP contribution in [0.5, 0.6) is 5.75 Å². The number of carboxylic acid groups (broad SMARTS) is 1. The van der Waals surface area contributed by atoms with Crippen LogP contribution in [0.3, 0.4) is 0 Å². The van der Waals surface area contributed by atoms with E-state index in [4.69, 9.17) is 5.73 Å². The topological polar surface area (TPSA) is 171 Å². The SMILES string of the molecule is NC(Cc1ccccc1)C(=O)NCC(=O)NCC(=O)NC(Cc1ccc(O)cc1)C(=O)O. The minimum atomic E-state index is -1.24. The Kier molecular flexibility index (Phi) is 9.18. The average Bonchev–Trinajstić information content (AvgIpc) is 2.77. The summed E-state index contributed by atoms with van der Waals surface area (Å²) in [5, 5.41) is 25.6. The number of nitrogens with two attached hydrogens (primary N) is 1. The van der Waals surface area contributed by atoms with Gasteiger partial charge in [0.2, 0.25) is 17.7 Å². The van der Waals surface area contributed by atoms with Crippen LogP contribution in [-0.2, 0) is 32.0 Å². The minimum Gasteiger partial charge on any atom is -0.508 e. The van der Waals surface area contributed by atoms with Gasteiger partial charge in [-0.05, 0) is 29.7 Å². The van der Waals surface area contributed by atoms with Crippen molar-refractivity contribution in [3.8, 4) is 5.75 Å². The van der Waals surface area contributed by atoms with Crippen LogP contribution in [0.1, 0.15) is 11.1 Å². The summed E-state index contributed by atoms with van der Waals surface area (Å²) in [5.41, 5.74) is 7.33. The largest absolute Gasteiger partial charge is 0.508 e. The molecule has 0 saturated carbocycles. The normalized spacial score (nSPS) is 12.3. The lowest BCUT2D eigenvalue weighted by atomic mass is 10.1. The Balaban J connectivity index is 1.72. The number of aliphatic carboxylic acids is 1. The Morgan fingerprint density at radius 2 is 1.41 bits per heavy atom. The van der Waals surface area contributed by atoms with E-state index in [2.05, 4.69) is 16.0 Å². The fourth-order valence-corrected chi connectivity index (χ4v) is 2.81. The fourth-order valence-electron chi connectivity index (χ4n) is 2.81. The summed E-state index contributed by atoms with van der Waals surface area (Å²) in [7, 11) is 0. The molecule has 0 aliphatic carbocycles. The first-order valence-electron chi connectivity index (χ1n) is 9.88. The van der Waals surface area contributed by atoms with Crippen molar-refractivity contribution >= 4 is 23.7 Å². The molecule has 10 nitrogen and oxygen atoms in total. The molecule has 0 fully saturated rings. The zero-order valence-corrected chi connectivity index (χ0v) is 17.3. The van der Waals surface area contributed by atoms with Gasteiger partial charge >= 0.3 is 5.97 Å². The molecule has 2 unspecified atom stereocenters. The number of carbonyl (C=O) groups excluding carboxylic acids is 3. The van der Waals surface area contributed by atoms with Crippen LogP contribution in [0.4, 0.5) is 0 Å². The third kappa shape index (κ3) is 8.44. The highest BCUT2D eigenvalue weighted by Gasteiger charge is 2.21. The smallest absolute Gasteiger partial charge is 0.326 e. The number of phenolic OH excluding ortho intramolecular Hbond substituents is 1. The molecule has 2 aromatic carbocycles. The molecule has 170 valence electrons. The highest BCUT2D eigenvalue weighted by molar-refractivity contribution is 5.90. The molecule has 0 aromatic heterocycles. The number of carboxylic acids is 1. The standard InChI is InChI=1S/C22H26N4O6/c23-17(10-14-4-2-1-3-5-14)21(30)25-12-19(28)24-13-20(29)26-18(22(31)32)11-15-6-8-16(27)9-7-15/h1-9,17-18,27H,10-13,23H2,(H,24,28)(H,25,30)(H,26,29)(H,31,32). The van der Waals surface area contributed by atoms with Gasteiger partial charge in [-0.1, -0.05) is 42.5 Å². The molecule has 0 heterocycles. The number of carbonyl (C=O) groups is 4. The first-order valence-corrected chi connectivity index (χ1v) is 9.88. The third-order valence-electron chi connectivity index (χ3n) is 4.51. The molecule has 0 spiro atoms. The van der Waals surface area contributed by atoms with Crippen LogP contribution in [0.2, 0.25) is 0 Å². The van der Waals surface area contributed by atoms with E-state index < -0.39 is 42.3 Å². The fraction of sp³-hybridized carbons (Fsp3) is 0.273. The molecule has 3 amide bonds. The van der Waals surface area contributed by atoms with Gasteiger partial charge in [-0.25, -0.2) is 4.79 Å². The Bertz CT molecular complexity index is 933. The summed E-state index contributed by atoms with van der Waals surface area (Å²) in [6, 6.07) is 13.1. The molecule has 0 saturated heterocycles. The highest BCUT2D eigenvalue weighted by atomic mass is 16.4. The van der Waals surface area contributed by atoms with E-state index in [-0.39, 0.29) is 18.7 Å². The van der Waals surface area contributed by atoms with E-state index in [0.717, 1.165) is 5.56 Å². The molecule has 7 N–H and O–H groups in total. The number of amides is 3. The summed E-state index contributed by atoms with van der Waals surface area (Å²) in [4.78, 5) is 47.3. The second kappa shape index (κ2) is 12.1. The summed E-state index contributed by atoms with van der Waals surface area (Å²) in [6.07, 6.45) is 0.318. The lowest BCUT2D eigenvalue weighted by molar-refractivity contribution is -0.141. The van der Waals surface area contributed by atoms with E-state index in [1.165, 1.54) is 12.1 Å². The van der Waals surface area contributed by atoms with Crippen molar-refractivity contribution in [1.29, 1.82) is 0 Å². The van der Waals surface area contributed by atoms with E-state index >= 15 is 0 Å². The van der Waals surface area contributed by atoms with Gasteiger partial charge in [0, 0.05) is 6.42 Å². The lowest BCUT2D eigenvalue weighted by Gasteiger charge is -2.15. The van der Waals surface area contributed by atoms with Crippen LogP contribution in [0.25, 0.3) is 0 Å². The van der Waals surface area contributed by atoms with Crippen molar-refractivity contribution in [2.45, 2.75) is 24.9 Å². The molecule has 0 radical (unpaired) electrons. The number of rotatable bonds is 11. The van der Waals surface area contributed by atoms with Crippen molar-refractivity contribution in [1.82, 2.24) is 16.0 Å². The number of phenols is 1. The highest BCUT2D eigenvalue weighted by Crippen LogP contribution is 2.11. The molecule has 2 atom stereocenters. The summed E-state index contributed by atoms with van der Waals surface area (Å²) in [5.74, 6) is -3.02. The molecular weight excluding hydrogens is 416 g/mol. The number of hydrogen-bond acceptors (Lipinski definition) is 6. The molecular formula is C22H26N4O6. The van der Waals surface area contributed by atoms with E-state index in [1.807, 2.05) is 30.3 Å². The monoisotopic (exact) mass is 442 g/mol. The number of aromatic hydroxyl groups is 1. The Morgan fingerprint density at radius 1 is 0.812 bits per heavy atom. The molecule has 0 aliphatic rings. The summed E-state index contributed by atoms with van der Waals surface area (Å²) in [6.45, 7) is -0.825. The van der Waals surface area contributed by atoms with Crippen LogP contribution >= 0.6 is 0 Å². The number of benzene rings is 2. The maximum absolute atomic E-state index is 12.0.